The van der Waals surface area contributed by atoms with E-state index in [1.54, 1.807) is 49.2 Å². The van der Waals surface area contributed by atoms with Crippen molar-refractivity contribution >= 4 is 35.0 Å². The normalized spacial score (nSPS) is 19.6. The van der Waals surface area contributed by atoms with E-state index in [2.05, 4.69) is 16.0 Å². The van der Waals surface area contributed by atoms with E-state index in [0.717, 1.165) is 12.8 Å². The van der Waals surface area contributed by atoms with Crippen LogP contribution in [0.25, 0.3) is 0 Å². The van der Waals surface area contributed by atoms with E-state index >= 15 is 0 Å². The van der Waals surface area contributed by atoms with Gasteiger partial charge in [-0.3, -0.25) is 4.79 Å². The van der Waals surface area contributed by atoms with Crippen LogP contribution in [0.2, 0.25) is 0 Å². The molecule has 0 saturated heterocycles. The lowest BCUT2D eigenvalue weighted by molar-refractivity contribution is -0.0115. The molecule has 0 radical (unpaired) electrons. The number of ether oxygens (including phenoxy) is 2. The standard InChI is InChI=1S/C36H46FN5O6/c1-24-21-42(25(2)23-43)34(44)31-20-30(39-35(45)38-28-11-6-5-7-12-28)17-18-32(31)48-26(3)10-8-9-19-47-33(24)22-41(4)36(46)40-29-15-13-27(37)14-16-29/h5-7,11-18,20,24-26,33,43H,8-10,19,21-23H2,1-4H3,(H,40,46)(H2,38,39,45)/t24-,25+,26-,33-/m0/s1. The zero-order chi connectivity index (χ0) is 34.6. The summed E-state index contributed by atoms with van der Waals surface area (Å²) in [6.45, 7) is 6.24. The number of urea groups is 2. The molecule has 1 aliphatic heterocycles. The highest BCUT2D eigenvalue weighted by atomic mass is 19.1. The summed E-state index contributed by atoms with van der Waals surface area (Å²) < 4.78 is 25.9. The van der Waals surface area contributed by atoms with E-state index in [9.17, 15) is 23.9 Å². The molecule has 12 heteroatoms. The van der Waals surface area contributed by atoms with Crippen LogP contribution in [0.15, 0.2) is 72.8 Å². The molecule has 0 saturated carbocycles. The lowest BCUT2D eigenvalue weighted by atomic mass is 10.0. The van der Waals surface area contributed by atoms with Crippen LogP contribution in [-0.4, -0.2) is 84.5 Å². The first-order chi connectivity index (χ1) is 23.0. The Kier molecular flexibility index (Phi) is 13.2. The molecule has 258 valence electrons. The third-order valence-electron chi connectivity index (χ3n) is 8.24. The fraction of sp³-hybridized carbons (Fsp3) is 0.417. The zero-order valence-corrected chi connectivity index (χ0v) is 27.9. The highest BCUT2D eigenvalue weighted by Gasteiger charge is 2.31. The second-order valence-electron chi connectivity index (χ2n) is 12.3. The number of hydrogen-bond acceptors (Lipinski definition) is 6. The van der Waals surface area contributed by atoms with Crippen molar-refractivity contribution in [1.29, 1.82) is 0 Å². The predicted octanol–water partition coefficient (Wildman–Crippen LogP) is 6.43. The highest BCUT2D eigenvalue weighted by molar-refractivity contribution is 6.02. The minimum atomic E-state index is -0.559. The summed E-state index contributed by atoms with van der Waals surface area (Å²) in [4.78, 5) is 43.2. The van der Waals surface area contributed by atoms with Gasteiger partial charge in [-0.05, 0) is 87.7 Å². The Morgan fingerprint density at radius 2 is 1.65 bits per heavy atom. The average molecular weight is 664 g/mol. The number of benzene rings is 3. The highest BCUT2D eigenvalue weighted by Crippen LogP contribution is 2.29. The number of hydrogen-bond donors (Lipinski definition) is 4. The topological polar surface area (TPSA) is 132 Å². The quantitative estimate of drug-likeness (QED) is 0.230. The monoisotopic (exact) mass is 663 g/mol. The van der Waals surface area contributed by atoms with E-state index in [1.807, 2.05) is 32.0 Å². The molecule has 4 N–H and O–H groups in total. The van der Waals surface area contributed by atoms with Crippen molar-refractivity contribution in [3.05, 3.63) is 84.2 Å². The number of anilines is 3. The number of amides is 5. The number of carbonyl (C=O) groups excluding carboxylic acids is 3. The summed E-state index contributed by atoms with van der Waals surface area (Å²) in [7, 11) is 1.65. The van der Waals surface area contributed by atoms with Crippen molar-refractivity contribution in [2.24, 2.45) is 5.92 Å². The molecule has 0 aliphatic carbocycles. The van der Waals surface area contributed by atoms with Crippen LogP contribution in [0.4, 0.5) is 31.0 Å². The maximum Gasteiger partial charge on any atom is 0.323 e. The number of halogens is 1. The van der Waals surface area contributed by atoms with Gasteiger partial charge in [0.15, 0.2) is 0 Å². The van der Waals surface area contributed by atoms with Gasteiger partial charge in [-0.25, -0.2) is 14.0 Å². The molecule has 1 heterocycles. The molecule has 0 unspecified atom stereocenters. The van der Waals surface area contributed by atoms with Crippen LogP contribution in [0.3, 0.4) is 0 Å². The third kappa shape index (κ3) is 10.4. The zero-order valence-electron chi connectivity index (χ0n) is 27.9. The second-order valence-corrected chi connectivity index (χ2v) is 12.3. The van der Waals surface area contributed by atoms with Crippen molar-refractivity contribution in [2.45, 2.75) is 58.3 Å². The van der Waals surface area contributed by atoms with E-state index in [1.165, 1.54) is 29.2 Å². The predicted molar refractivity (Wildman–Crippen MR) is 184 cm³/mol. The maximum absolute atomic E-state index is 14.3. The Morgan fingerprint density at radius 1 is 0.979 bits per heavy atom. The van der Waals surface area contributed by atoms with E-state index in [4.69, 9.17) is 9.47 Å². The van der Waals surface area contributed by atoms with Gasteiger partial charge in [0.2, 0.25) is 0 Å². The van der Waals surface area contributed by atoms with E-state index in [0.29, 0.717) is 35.8 Å². The molecular weight excluding hydrogens is 617 g/mol. The fourth-order valence-corrected chi connectivity index (χ4v) is 5.38. The van der Waals surface area contributed by atoms with Crippen LogP contribution in [0, 0.1) is 11.7 Å². The molecule has 0 fully saturated rings. The van der Waals surface area contributed by atoms with Gasteiger partial charge in [0.1, 0.15) is 11.6 Å². The number of rotatable bonds is 7. The molecule has 11 nitrogen and oxygen atoms in total. The molecule has 0 spiro atoms. The number of carbonyl (C=O) groups is 3. The molecule has 5 amide bonds. The van der Waals surface area contributed by atoms with Gasteiger partial charge in [0, 0.05) is 49.7 Å². The molecule has 48 heavy (non-hydrogen) atoms. The first-order valence-electron chi connectivity index (χ1n) is 16.3. The van der Waals surface area contributed by atoms with Gasteiger partial charge in [-0.2, -0.15) is 0 Å². The Bertz CT molecular complexity index is 1510. The van der Waals surface area contributed by atoms with Crippen molar-refractivity contribution in [2.75, 3.05) is 49.3 Å². The first kappa shape index (κ1) is 36.2. The summed E-state index contributed by atoms with van der Waals surface area (Å²) in [5.74, 6) is -0.653. The Balaban J connectivity index is 1.57. The summed E-state index contributed by atoms with van der Waals surface area (Å²) in [5.41, 5.74) is 1.72. The Hall–Kier alpha value is -4.68. The number of fused-ring (bicyclic) bond motifs is 1. The molecule has 4 rings (SSSR count). The second kappa shape index (κ2) is 17.5. The number of likely N-dealkylation sites (N-methyl/N-ethyl adjacent to an activating group) is 1. The number of nitrogens with zero attached hydrogens (tertiary/aromatic N) is 2. The fourth-order valence-electron chi connectivity index (χ4n) is 5.38. The molecule has 4 atom stereocenters. The first-order valence-corrected chi connectivity index (χ1v) is 16.3. The largest absolute Gasteiger partial charge is 0.490 e. The SMILES string of the molecule is C[C@H](CO)N1C[C@H](C)[C@H](CN(C)C(=O)Nc2ccc(F)cc2)OCCCC[C@H](C)Oc2ccc(NC(=O)Nc3ccccc3)cc2C1=O. The van der Waals surface area contributed by atoms with Crippen LogP contribution < -0.4 is 20.7 Å². The lowest BCUT2D eigenvalue weighted by Crippen LogP contribution is -2.48. The van der Waals surface area contributed by atoms with E-state index in [-0.39, 0.29) is 49.2 Å². The lowest BCUT2D eigenvalue weighted by Gasteiger charge is -2.35. The summed E-state index contributed by atoms with van der Waals surface area (Å²) in [6, 6.07) is 18.1. The minimum absolute atomic E-state index is 0.208. The van der Waals surface area contributed by atoms with Crippen LogP contribution >= 0.6 is 0 Å². The number of aliphatic hydroxyl groups excluding tert-OH is 1. The molecule has 0 aromatic heterocycles. The van der Waals surface area contributed by atoms with Gasteiger partial charge in [0.25, 0.3) is 5.91 Å². The summed E-state index contributed by atoms with van der Waals surface area (Å²) >= 11 is 0. The van der Waals surface area contributed by atoms with Crippen LogP contribution in [-0.2, 0) is 4.74 Å². The summed E-state index contributed by atoms with van der Waals surface area (Å²) in [5, 5.41) is 18.5. The summed E-state index contributed by atoms with van der Waals surface area (Å²) in [6.07, 6.45) is 1.65. The minimum Gasteiger partial charge on any atom is -0.490 e. The van der Waals surface area contributed by atoms with Gasteiger partial charge >= 0.3 is 12.1 Å². The van der Waals surface area contributed by atoms with Crippen molar-refractivity contribution in [3.63, 3.8) is 0 Å². The number of aliphatic hydroxyl groups is 1. The molecule has 1 aliphatic rings. The van der Waals surface area contributed by atoms with Crippen molar-refractivity contribution < 1.29 is 33.4 Å². The van der Waals surface area contributed by atoms with Crippen molar-refractivity contribution in [1.82, 2.24) is 9.80 Å². The molecule has 0 bridgehead atoms. The Morgan fingerprint density at radius 3 is 2.35 bits per heavy atom. The van der Waals surface area contributed by atoms with Crippen molar-refractivity contribution in [3.8, 4) is 5.75 Å². The van der Waals surface area contributed by atoms with Crippen LogP contribution in [0.5, 0.6) is 5.75 Å². The Labute approximate surface area is 281 Å². The van der Waals surface area contributed by atoms with Crippen LogP contribution in [0.1, 0.15) is 50.4 Å². The van der Waals surface area contributed by atoms with Gasteiger partial charge in [0.05, 0.1) is 30.4 Å². The average Bonchev–Trinajstić information content (AvgIpc) is 3.07. The number of nitrogens with one attached hydrogen (secondary N) is 3. The molecular formula is C36H46FN5O6. The van der Waals surface area contributed by atoms with Gasteiger partial charge in [-0.1, -0.05) is 25.1 Å². The number of para-hydroxylation sites is 1. The molecule has 3 aromatic carbocycles. The smallest absolute Gasteiger partial charge is 0.323 e. The van der Waals surface area contributed by atoms with E-state index < -0.39 is 24.0 Å². The maximum atomic E-state index is 14.3. The third-order valence-corrected chi connectivity index (χ3v) is 8.24. The van der Waals surface area contributed by atoms with Gasteiger partial charge < -0.3 is 40.3 Å². The molecule has 3 aromatic rings. The van der Waals surface area contributed by atoms with Gasteiger partial charge in [-0.15, -0.1) is 0 Å².